The van der Waals surface area contributed by atoms with Crippen molar-refractivity contribution in [3.05, 3.63) is 77.6 Å². The molecule has 202 valence electrons. The first-order chi connectivity index (χ1) is 18.3. The van der Waals surface area contributed by atoms with Crippen molar-refractivity contribution in [2.45, 2.75) is 24.1 Å². The van der Waals surface area contributed by atoms with Gasteiger partial charge in [0, 0.05) is 23.4 Å². The molecular weight excluding hydrogens is 524 g/mol. The molecule has 5 rings (SSSR count). The summed E-state index contributed by atoms with van der Waals surface area (Å²) in [5.41, 5.74) is -0.623. The molecule has 2 amide bonds. The second-order valence-electron chi connectivity index (χ2n) is 9.21. The van der Waals surface area contributed by atoms with Crippen molar-refractivity contribution in [1.82, 2.24) is 24.9 Å². The molecule has 4 heterocycles. The maximum atomic E-state index is 14.5. The van der Waals surface area contributed by atoms with E-state index in [1.165, 1.54) is 48.1 Å². The van der Waals surface area contributed by atoms with Crippen LogP contribution in [-0.4, -0.2) is 55.8 Å². The zero-order chi connectivity index (χ0) is 28.2. The highest BCUT2D eigenvalue weighted by atomic mass is 19.4. The van der Waals surface area contributed by atoms with Gasteiger partial charge in [0.1, 0.15) is 35.0 Å². The summed E-state index contributed by atoms with van der Waals surface area (Å²) >= 11 is 0. The van der Waals surface area contributed by atoms with Crippen LogP contribution in [0.25, 0.3) is 16.9 Å². The Morgan fingerprint density at radius 2 is 1.90 bits per heavy atom. The minimum atomic E-state index is -5.34. The number of pyridine rings is 1. The molecule has 0 fully saturated rings. The first kappa shape index (κ1) is 26.0. The van der Waals surface area contributed by atoms with Gasteiger partial charge in [-0.25, -0.2) is 18.9 Å². The predicted molar refractivity (Wildman–Crippen MR) is 127 cm³/mol. The first-order valence-electron chi connectivity index (χ1n) is 11.5. The average molecular weight is 544 g/mol. The van der Waals surface area contributed by atoms with Crippen molar-refractivity contribution in [2.24, 2.45) is 5.73 Å². The van der Waals surface area contributed by atoms with E-state index in [-0.39, 0.29) is 40.5 Å². The van der Waals surface area contributed by atoms with Crippen LogP contribution in [0.3, 0.4) is 0 Å². The number of hydrogen-bond acceptors (Lipinski definition) is 7. The van der Waals surface area contributed by atoms with Crippen molar-refractivity contribution in [3.63, 3.8) is 0 Å². The Morgan fingerprint density at radius 3 is 2.56 bits per heavy atom. The van der Waals surface area contributed by atoms with E-state index in [0.29, 0.717) is 0 Å². The number of alkyl halides is 3. The van der Waals surface area contributed by atoms with E-state index in [1.54, 1.807) is 0 Å². The summed E-state index contributed by atoms with van der Waals surface area (Å²) < 4.78 is 63.9. The number of nitrogens with two attached hydrogens (primary N) is 1. The van der Waals surface area contributed by atoms with Gasteiger partial charge in [0.25, 0.3) is 5.91 Å². The maximum absolute atomic E-state index is 14.5. The van der Waals surface area contributed by atoms with Crippen LogP contribution in [0, 0.1) is 5.82 Å². The Balaban J connectivity index is 1.59. The molecule has 14 heteroatoms. The van der Waals surface area contributed by atoms with Crippen LogP contribution in [0.5, 0.6) is 5.75 Å². The van der Waals surface area contributed by atoms with Crippen molar-refractivity contribution < 1.29 is 37.0 Å². The van der Waals surface area contributed by atoms with E-state index >= 15 is 0 Å². The molecule has 2 atom stereocenters. The number of benzene rings is 1. The standard InChI is InChI=1S/C25H20F4N6O4/c1-23(22(30)37)12-39-20-15(23)10-17(34-19(20)13-2-4-14(26)5-3-13)24(38,25(27,28)29)11-31-21(36)16-7-9-35-18(33-16)6-8-32-35/h2-10,38H,11-12H2,1H3,(H2,30,37)(H,31,36)/t23-,24-/m0/s1. The molecule has 0 saturated carbocycles. The Kier molecular flexibility index (Phi) is 6.01. The molecule has 0 spiro atoms. The lowest BCUT2D eigenvalue weighted by atomic mass is 9.81. The fourth-order valence-electron chi connectivity index (χ4n) is 4.18. The normalized spacial score (nSPS) is 18.3. The summed E-state index contributed by atoms with van der Waals surface area (Å²) in [7, 11) is 0. The van der Waals surface area contributed by atoms with E-state index in [4.69, 9.17) is 10.5 Å². The molecule has 1 aliphatic heterocycles. The zero-order valence-corrected chi connectivity index (χ0v) is 20.2. The van der Waals surface area contributed by atoms with E-state index in [1.807, 2.05) is 0 Å². The molecule has 1 aromatic carbocycles. The number of rotatable bonds is 6. The van der Waals surface area contributed by atoms with E-state index in [0.717, 1.165) is 18.2 Å². The zero-order valence-electron chi connectivity index (χ0n) is 20.2. The monoisotopic (exact) mass is 544 g/mol. The summed E-state index contributed by atoms with van der Waals surface area (Å²) in [5.74, 6) is -2.51. The van der Waals surface area contributed by atoms with Crippen LogP contribution in [0.1, 0.15) is 28.7 Å². The van der Waals surface area contributed by atoms with Crippen molar-refractivity contribution in [2.75, 3.05) is 13.2 Å². The van der Waals surface area contributed by atoms with Gasteiger partial charge in [-0.3, -0.25) is 9.59 Å². The predicted octanol–water partition coefficient (Wildman–Crippen LogP) is 2.25. The number of carbonyl (C=O) groups excluding carboxylic acids is 2. The van der Waals surface area contributed by atoms with Crippen LogP contribution in [0.15, 0.2) is 54.9 Å². The Bertz CT molecular complexity index is 1610. The largest absolute Gasteiger partial charge is 0.489 e. The number of primary amides is 1. The van der Waals surface area contributed by atoms with Crippen molar-refractivity contribution in [3.8, 4) is 17.0 Å². The van der Waals surface area contributed by atoms with Gasteiger partial charge < -0.3 is 20.9 Å². The topological polar surface area (TPSA) is 145 Å². The molecule has 0 unspecified atom stereocenters. The maximum Gasteiger partial charge on any atom is 0.424 e. The van der Waals surface area contributed by atoms with E-state index in [2.05, 4.69) is 20.4 Å². The number of fused-ring (bicyclic) bond motifs is 2. The highest BCUT2D eigenvalue weighted by molar-refractivity contribution is 5.93. The molecule has 39 heavy (non-hydrogen) atoms. The highest BCUT2D eigenvalue weighted by Gasteiger charge is 2.57. The highest BCUT2D eigenvalue weighted by Crippen LogP contribution is 2.47. The number of carbonyl (C=O) groups is 2. The third kappa shape index (κ3) is 4.31. The quantitative estimate of drug-likeness (QED) is 0.316. The Hall–Kier alpha value is -4.59. The molecule has 0 bridgehead atoms. The number of halogens is 4. The van der Waals surface area contributed by atoms with Gasteiger partial charge in [0.15, 0.2) is 5.65 Å². The Labute approximate surface area is 217 Å². The van der Waals surface area contributed by atoms with Gasteiger partial charge in [0.2, 0.25) is 11.5 Å². The van der Waals surface area contributed by atoms with Crippen LogP contribution >= 0.6 is 0 Å². The molecule has 1 aliphatic rings. The first-order valence-corrected chi connectivity index (χ1v) is 11.5. The molecule has 0 radical (unpaired) electrons. The van der Waals surface area contributed by atoms with Crippen LogP contribution in [-0.2, 0) is 15.8 Å². The molecule has 4 aromatic rings. The number of nitrogens with zero attached hydrogens (tertiary/aromatic N) is 4. The lowest BCUT2D eigenvalue weighted by Gasteiger charge is -2.31. The number of aromatic nitrogens is 4. The second-order valence-corrected chi connectivity index (χ2v) is 9.21. The third-order valence-corrected chi connectivity index (χ3v) is 6.62. The van der Waals surface area contributed by atoms with Gasteiger partial charge in [-0.15, -0.1) is 0 Å². The van der Waals surface area contributed by atoms with Gasteiger partial charge in [-0.1, -0.05) is 0 Å². The Morgan fingerprint density at radius 1 is 1.18 bits per heavy atom. The number of amides is 2. The SMILES string of the molecule is C[C@]1(C(N)=O)COc2c1cc([C@@](O)(CNC(=O)c1ccn3nccc3n1)C(F)(F)F)nc2-c1ccc(F)cc1. The summed E-state index contributed by atoms with van der Waals surface area (Å²) in [6, 6.07) is 8.29. The average Bonchev–Trinajstić information content (AvgIpc) is 3.51. The number of ether oxygens (including phenoxy) is 1. The lowest BCUT2D eigenvalue weighted by molar-refractivity contribution is -0.265. The summed E-state index contributed by atoms with van der Waals surface area (Å²) in [4.78, 5) is 33.1. The van der Waals surface area contributed by atoms with Gasteiger partial charge >= 0.3 is 6.18 Å². The number of nitrogens with one attached hydrogen (secondary N) is 1. The summed E-state index contributed by atoms with van der Waals surface area (Å²) in [6.07, 6.45) is -2.52. The fraction of sp³-hybridized carbons (Fsp3) is 0.240. The third-order valence-electron chi connectivity index (χ3n) is 6.62. The summed E-state index contributed by atoms with van der Waals surface area (Å²) in [5, 5.41) is 17.0. The molecule has 0 aliphatic carbocycles. The van der Waals surface area contributed by atoms with Crippen LogP contribution < -0.4 is 15.8 Å². The second kappa shape index (κ2) is 9.01. The number of aliphatic hydroxyl groups is 1. The smallest absolute Gasteiger partial charge is 0.424 e. The molecule has 3 aromatic heterocycles. The van der Waals surface area contributed by atoms with Gasteiger partial charge in [-0.2, -0.15) is 18.3 Å². The van der Waals surface area contributed by atoms with E-state index < -0.39 is 47.1 Å². The molecule has 10 nitrogen and oxygen atoms in total. The van der Waals surface area contributed by atoms with E-state index in [9.17, 15) is 32.3 Å². The lowest BCUT2D eigenvalue weighted by Crippen LogP contribution is -2.52. The molecular formula is C25H20F4N6O4. The van der Waals surface area contributed by atoms with Crippen LogP contribution in [0.2, 0.25) is 0 Å². The summed E-state index contributed by atoms with van der Waals surface area (Å²) in [6.45, 7) is -0.253. The van der Waals surface area contributed by atoms with Gasteiger partial charge in [0.05, 0.1) is 18.4 Å². The minimum absolute atomic E-state index is 0.0291. The molecule has 0 saturated heterocycles. The van der Waals surface area contributed by atoms with Gasteiger partial charge in [-0.05, 0) is 43.3 Å². The number of hydrogen-bond donors (Lipinski definition) is 3. The fourth-order valence-corrected chi connectivity index (χ4v) is 4.18. The van der Waals surface area contributed by atoms with Crippen molar-refractivity contribution >= 4 is 17.5 Å². The molecule has 4 N–H and O–H groups in total. The minimum Gasteiger partial charge on any atom is -0.489 e. The van der Waals surface area contributed by atoms with Crippen LogP contribution in [0.4, 0.5) is 17.6 Å². The van der Waals surface area contributed by atoms with Crippen molar-refractivity contribution in [1.29, 1.82) is 0 Å².